The normalized spacial score (nSPS) is 11.2. The predicted molar refractivity (Wildman–Crippen MR) is 55.5 cm³/mol. The first-order valence-corrected chi connectivity index (χ1v) is 5.22. The summed E-state index contributed by atoms with van der Waals surface area (Å²) in [6, 6.07) is 0. The summed E-state index contributed by atoms with van der Waals surface area (Å²) in [5.41, 5.74) is -0.114. The lowest BCUT2D eigenvalue weighted by atomic mass is 10.3. The summed E-state index contributed by atoms with van der Waals surface area (Å²) in [6.45, 7) is 1.84. The summed E-state index contributed by atoms with van der Waals surface area (Å²) in [7, 11) is 1.27. The lowest BCUT2D eigenvalue weighted by molar-refractivity contribution is -0.135. The molecule has 0 aliphatic rings. The van der Waals surface area contributed by atoms with E-state index in [1.165, 1.54) is 12.5 Å². The van der Waals surface area contributed by atoms with Gasteiger partial charge in [0, 0.05) is 5.38 Å². The SMILES string of the molecule is CCOC(=O)C(=NOC)c1csc(=N)n1O. The van der Waals surface area contributed by atoms with E-state index in [4.69, 9.17) is 10.1 Å². The molecule has 0 radical (unpaired) electrons. The highest BCUT2D eigenvalue weighted by Gasteiger charge is 2.21. The smallest absolute Gasteiger partial charge is 0.362 e. The molecule has 2 N–H and O–H groups in total. The van der Waals surface area contributed by atoms with Gasteiger partial charge in [-0.05, 0) is 6.92 Å². The summed E-state index contributed by atoms with van der Waals surface area (Å²) >= 11 is 0.956. The topological polar surface area (TPSA) is 96.9 Å². The van der Waals surface area contributed by atoms with Gasteiger partial charge < -0.3 is 14.8 Å². The van der Waals surface area contributed by atoms with Crippen LogP contribution in [0.15, 0.2) is 10.5 Å². The van der Waals surface area contributed by atoms with Crippen LogP contribution >= 0.6 is 11.3 Å². The molecule has 0 saturated carbocycles. The van der Waals surface area contributed by atoms with Gasteiger partial charge >= 0.3 is 5.97 Å². The fourth-order valence-electron chi connectivity index (χ4n) is 0.956. The minimum absolute atomic E-state index is 0.0651. The largest absolute Gasteiger partial charge is 0.461 e. The lowest BCUT2D eigenvalue weighted by Crippen LogP contribution is -2.24. The number of carbonyl (C=O) groups is 1. The first kappa shape index (κ1) is 12.2. The van der Waals surface area contributed by atoms with Crippen molar-refractivity contribution in [1.29, 1.82) is 5.41 Å². The van der Waals surface area contributed by atoms with E-state index in [0.29, 0.717) is 4.73 Å². The van der Waals surface area contributed by atoms with E-state index < -0.39 is 5.97 Å². The van der Waals surface area contributed by atoms with Crippen molar-refractivity contribution in [2.75, 3.05) is 13.7 Å². The molecule has 0 aromatic carbocycles. The zero-order chi connectivity index (χ0) is 12.1. The van der Waals surface area contributed by atoms with Gasteiger partial charge in [-0.2, -0.15) is 4.73 Å². The van der Waals surface area contributed by atoms with Crippen LogP contribution in [0.1, 0.15) is 12.6 Å². The standard InChI is InChI=1S/C8H11N3O4S/c1-3-15-7(12)6(10-14-2)5-4-16-8(9)11(5)13/h4,9,13H,3H2,1-2H3. The minimum Gasteiger partial charge on any atom is -0.461 e. The zero-order valence-corrected chi connectivity index (χ0v) is 9.58. The highest BCUT2D eigenvalue weighted by molar-refractivity contribution is 7.07. The van der Waals surface area contributed by atoms with E-state index in [1.807, 2.05) is 0 Å². The Kier molecular flexibility index (Phi) is 4.06. The number of esters is 1. The molecular formula is C8H11N3O4S. The summed E-state index contributed by atoms with van der Waals surface area (Å²) in [4.78, 5) is 15.9. The number of rotatable bonds is 4. The summed E-state index contributed by atoms with van der Waals surface area (Å²) in [5.74, 6) is -0.718. The highest BCUT2D eigenvalue weighted by atomic mass is 32.1. The van der Waals surface area contributed by atoms with E-state index in [-0.39, 0.29) is 22.8 Å². The average Bonchev–Trinajstić information content (AvgIpc) is 2.57. The Labute approximate surface area is 95.0 Å². The van der Waals surface area contributed by atoms with E-state index in [1.54, 1.807) is 6.92 Å². The third kappa shape index (κ3) is 2.40. The van der Waals surface area contributed by atoms with Crippen LogP contribution in [0, 0.1) is 5.41 Å². The number of oxime groups is 1. The van der Waals surface area contributed by atoms with Crippen molar-refractivity contribution in [2.45, 2.75) is 6.92 Å². The van der Waals surface area contributed by atoms with Crippen LogP contribution in [0.5, 0.6) is 0 Å². The number of hydrogen-bond donors (Lipinski definition) is 2. The Morgan fingerprint density at radius 2 is 2.44 bits per heavy atom. The van der Waals surface area contributed by atoms with Gasteiger partial charge in [0.2, 0.25) is 10.5 Å². The van der Waals surface area contributed by atoms with Crippen LogP contribution < -0.4 is 4.80 Å². The Hall–Kier alpha value is -1.83. The molecule has 0 fully saturated rings. The molecule has 16 heavy (non-hydrogen) atoms. The maximum Gasteiger partial charge on any atom is 0.362 e. The predicted octanol–water partition coefficient (Wildman–Crippen LogP) is 0.180. The molecule has 0 unspecified atom stereocenters. The van der Waals surface area contributed by atoms with Crippen molar-refractivity contribution in [3.05, 3.63) is 15.9 Å². The van der Waals surface area contributed by atoms with E-state index in [9.17, 15) is 10.0 Å². The summed E-state index contributed by atoms with van der Waals surface area (Å²) in [6.07, 6.45) is 0. The monoisotopic (exact) mass is 245 g/mol. The van der Waals surface area contributed by atoms with Crippen molar-refractivity contribution < 1.29 is 19.6 Å². The molecule has 0 aliphatic carbocycles. The Balaban J connectivity index is 3.13. The minimum atomic E-state index is -0.718. The van der Waals surface area contributed by atoms with E-state index >= 15 is 0 Å². The van der Waals surface area contributed by atoms with Crippen molar-refractivity contribution in [3.8, 4) is 0 Å². The second kappa shape index (κ2) is 5.31. The summed E-state index contributed by atoms with van der Waals surface area (Å²) < 4.78 is 5.29. The molecule has 1 rings (SSSR count). The van der Waals surface area contributed by atoms with Crippen LogP contribution in [0.2, 0.25) is 0 Å². The molecule has 7 nitrogen and oxygen atoms in total. The third-order valence-electron chi connectivity index (χ3n) is 1.60. The van der Waals surface area contributed by atoms with Crippen molar-refractivity contribution in [1.82, 2.24) is 4.73 Å². The number of ether oxygens (including phenoxy) is 1. The molecule has 0 spiro atoms. The van der Waals surface area contributed by atoms with Crippen molar-refractivity contribution >= 4 is 23.0 Å². The number of thiazole rings is 1. The van der Waals surface area contributed by atoms with Gasteiger partial charge in [-0.1, -0.05) is 5.16 Å². The molecule has 0 atom stereocenters. The molecular weight excluding hydrogens is 234 g/mol. The highest BCUT2D eigenvalue weighted by Crippen LogP contribution is 2.04. The molecule has 1 heterocycles. The van der Waals surface area contributed by atoms with Gasteiger partial charge in [0.15, 0.2) is 0 Å². The first-order valence-electron chi connectivity index (χ1n) is 4.34. The number of nitrogens with one attached hydrogen (secondary N) is 1. The van der Waals surface area contributed by atoms with E-state index in [2.05, 4.69) is 9.99 Å². The Morgan fingerprint density at radius 1 is 1.75 bits per heavy atom. The van der Waals surface area contributed by atoms with Crippen molar-refractivity contribution in [3.63, 3.8) is 0 Å². The van der Waals surface area contributed by atoms with Gasteiger partial charge in [-0.25, -0.2) is 4.79 Å². The van der Waals surface area contributed by atoms with Gasteiger partial charge in [0.1, 0.15) is 12.8 Å². The lowest BCUT2D eigenvalue weighted by Gasteiger charge is -2.04. The number of carbonyl (C=O) groups excluding carboxylic acids is 1. The molecule has 1 aromatic rings. The Morgan fingerprint density at radius 3 is 2.88 bits per heavy atom. The second-order valence-electron chi connectivity index (χ2n) is 2.58. The maximum absolute atomic E-state index is 11.5. The first-order chi connectivity index (χ1) is 7.61. The number of hydrogen-bond acceptors (Lipinski definition) is 7. The van der Waals surface area contributed by atoms with Crippen LogP contribution in [0.3, 0.4) is 0 Å². The van der Waals surface area contributed by atoms with Crippen LogP contribution in [0.25, 0.3) is 0 Å². The fourth-order valence-corrected chi connectivity index (χ4v) is 1.59. The molecule has 0 aliphatic heterocycles. The number of aromatic nitrogens is 1. The van der Waals surface area contributed by atoms with Gasteiger partial charge in [-0.15, -0.1) is 11.3 Å². The molecule has 88 valence electrons. The van der Waals surface area contributed by atoms with Gasteiger partial charge in [0.05, 0.1) is 6.61 Å². The molecule has 1 aromatic heterocycles. The quantitative estimate of drug-likeness (QED) is 0.342. The Bertz CT molecular complexity index is 462. The third-order valence-corrected chi connectivity index (χ3v) is 2.33. The molecule has 0 amide bonds. The van der Waals surface area contributed by atoms with Crippen molar-refractivity contribution in [2.24, 2.45) is 5.16 Å². The summed E-state index contributed by atoms with van der Waals surface area (Å²) in [5, 5.41) is 21.6. The van der Waals surface area contributed by atoms with Crippen LogP contribution in [-0.2, 0) is 14.4 Å². The maximum atomic E-state index is 11.5. The fraction of sp³-hybridized carbons (Fsp3) is 0.375. The van der Waals surface area contributed by atoms with Crippen LogP contribution in [0.4, 0.5) is 0 Å². The zero-order valence-electron chi connectivity index (χ0n) is 8.76. The molecule has 8 heteroatoms. The second-order valence-corrected chi connectivity index (χ2v) is 3.44. The van der Waals surface area contributed by atoms with Crippen LogP contribution in [-0.4, -0.2) is 35.3 Å². The van der Waals surface area contributed by atoms with Gasteiger partial charge in [-0.3, -0.25) is 5.41 Å². The average molecular weight is 245 g/mol. The molecule has 0 bridgehead atoms. The number of nitrogens with zero attached hydrogens (tertiary/aromatic N) is 2. The van der Waals surface area contributed by atoms with E-state index in [0.717, 1.165) is 11.3 Å². The van der Waals surface area contributed by atoms with Gasteiger partial charge in [0.25, 0.3) is 0 Å². The molecule has 0 saturated heterocycles.